The van der Waals surface area contributed by atoms with E-state index in [1.165, 1.54) is 17.4 Å². The summed E-state index contributed by atoms with van der Waals surface area (Å²) in [6, 6.07) is 0. The molecule has 0 radical (unpaired) electrons. The van der Waals surface area contributed by atoms with Crippen LogP contribution < -0.4 is 10.3 Å². The van der Waals surface area contributed by atoms with Crippen molar-refractivity contribution in [1.29, 1.82) is 0 Å². The Labute approximate surface area is 95.3 Å². The van der Waals surface area contributed by atoms with Crippen LogP contribution in [0.3, 0.4) is 0 Å². The van der Waals surface area contributed by atoms with Crippen LogP contribution in [0.15, 0.2) is 17.2 Å². The van der Waals surface area contributed by atoms with Crippen molar-refractivity contribution >= 4 is 0 Å². The summed E-state index contributed by atoms with van der Waals surface area (Å²) in [5.74, 6) is 0.788. The number of rotatable bonds is 3. The Balaban J connectivity index is 1.91. The zero-order chi connectivity index (χ0) is 11.8. The smallest absolute Gasteiger partial charge is 0.313 e. The lowest BCUT2D eigenvalue weighted by Gasteiger charge is -2.42. The third-order valence-corrected chi connectivity index (χ3v) is 3.12. The van der Waals surface area contributed by atoms with Crippen molar-refractivity contribution in [2.24, 2.45) is 18.4 Å². The Morgan fingerprint density at radius 1 is 1.56 bits per heavy atom. The lowest BCUT2D eigenvalue weighted by atomic mass is 9.65. The summed E-state index contributed by atoms with van der Waals surface area (Å²) in [6.07, 6.45) is 5.55. The maximum absolute atomic E-state index is 11.6. The van der Waals surface area contributed by atoms with E-state index in [9.17, 15) is 4.79 Å². The molecule has 16 heavy (non-hydrogen) atoms. The number of ether oxygens (including phenoxy) is 1. The number of aromatic nitrogens is 2. The monoisotopic (exact) mass is 222 g/mol. The summed E-state index contributed by atoms with van der Waals surface area (Å²) in [5.41, 5.74) is 0.282. The molecule has 0 aromatic carbocycles. The SMILES string of the molecule is Cn1ccnc(OCC2CC(C)(C)C2)c1=O. The molecule has 0 unspecified atom stereocenters. The van der Waals surface area contributed by atoms with Crippen molar-refractivity contribution in [2.45, 2.75) is 26.7 Å². The van der Waals surface area contributed by atoms with E-state index in [0.717, 1.165) is 0 Å². The summed E-state index contributed by atoms with van der Waals surface area (Å²) < 4.78 is 6.95. The van der Waals surface area contributed by atoms with E-state index in [4.69, 9.17) is 4.74 Å². The van der Waals surface area contributed by atoms with E-state index < -0.39 is 0 Å². The van der Waals surface area contributed by atoms with E-state index in [1.807, 2.05) is 0 Å². The van der Waals surface area contributed by atoms with Crippen LogP contribution in [0.5, 0.6) is 5.88 Å². The third-order valence-electron chi connectivity index (χ3n) is 3.12. The highest BCUT2D eigenvalue weighted by Gasteiger charge is 2.36. The van der Waals surface area contributed by atoms with Gasteiger partial charge < -0.3 is 9.30 Å². The molecule has 4 nitrogen and oxygen atoms in total. The first-order valence-corrected chi connectivity index (χ1v) is 5.62. The summed E-state index contributed by atoms with van der Waals surface area (Å²) in [7, 11) is 1.70. The van der Waals surface area contributed by atoms with E-state index in [0.29, 0.717) is 17.9 Å². The molecule has 4 heteroatoms. The molecule has 1 aliphatic rings. The maximum Gasteiger partial charge on any atom is 0.313 e. The molecule has 0 amide bonds. The third kappa shape index (κ3) is 2.26. The predicted octanol–water partition coefficient (Wildman–Crippen LogP) is 1.60. The van der Waals surface area contributed by atoms with Gasteiger partial charge in [-0.05, 0) is 24.2 Å². The lowest BCUT2D eigenvalue weighted by Crippen LogP contribution is -2.36. The fourth-order valence-electron chi connectivity index (χ4n) is 2.39. The van der Waals surface area contributed by atoms with E-state index in [1.54, 1.807) is 19.4 Å². The van der Waals surface area contributed by atoms with Gasteiger partial charge in [0.1, 0.15) is 0 Å². The van der Waals surface area contributed by atoms with Gasteiger partial charge in [0.15, 0.2) is 0 Å². The van der Waals surface area contributed by atoms with Gasteiger partial charge in [-0.2, -0.15) is 0 Å². The van der Waals surface area contributed by atoms with Crippen LogP contribution in [-0.2, 0) is 7.05 Å². The standard InChI is InChI=1S/C12H18N2O2/c1-12(2)6-9(7-12)8-16-10-11(15)14(3)5-4-13-10/h4-5,9H,6-8H2,1-3H3. The fourth-order valence-corrected chi connectivity index (χ4v) is 2.39. The highest BCUT2D eigenvalue weighted by Crippen LogP contribution is 2.44. The predicted molar refractivity (Wildman–Crippen MR) is 61.5 cm³/mol. The zero-order valence-corrected chi connectivity index (χ0v) is 10.1. The molecular weight excluding hydrogens is 204 g/mol. The van der Waals surface area contributed by atoms with Crippen LogP contribution in [0.1, 0.15) is 26.7 Å². The molecule has 0 N–H and O–H groups in total. The molecule has 1 saturated carbocycles. The quantitative estimate of drug-likeness (QED) is 0.780. The van der Waals surface area contributed by atoms with Gasteiger partial charge >= 0.3 is 5.56 Å². The molecule has 0 spiro atoms. The van der Waals surface area contributed by atoms with Gasteiger partial charge in [-0.1, -0.05) is 13.8 Å². The second-order valence-corrected chi connectivity index (χ2v) is 5.40. The molecule has 0 aliphatic heterocycles. The minimum absolute atomic E-state index is 0.166. The number of hydrogen-bond donors (Lipinski definition) is 0. The van der Waals surface area contributed by atoms with Crippen LogP contribution in [0, 0.1) is 11.3 Å². The second-order valence-electron chi connectivity index (χ2n) is 5.40. The zero-order valence-electron chi connectivity index (χ0n) is 10.1. The first-order chi connectivity index (χ1) is 7.48. The fraction of sp³-hybridized carbons (Fsp3) is 0.667. The molecule has 1 fully saturated rings. The molecule has 1 aliphatic carbocycles. The van der Waals surface area contributed by atoms with Crippen LogP contribution in [0.4, 0.5) is 0 Å². The summed E-state index contributed by atoms with van der Waals surface area (Å²) in [5, 5.41) is 0. The first kappa shape index (κ1) is 11.2. The minimum atomic E-state index is -0.166. The van der Waals surface area contributed by atoms with Crippen LogP contribution in [-0.4, -0.2) is 16.2 Å². The van der Waals surface area contributed by atoms with E-state index >= 15 is 0 Å². The molecule has 88 valence electrons. The molecule has 0 saturated heterocycles. The molecule has 0 atom stereocenters. The van der Waals surface area contributed by atoms with Gasteiger partial charge in [0.25, 0.3) is 5.88 Å². The number of nitrogens with zero attached hydrogens (tertiary/aromatic N) is 2. The van der Waals surface area contributed by atoms with Gasteiger partial charge in [-0.3, -0.25) is 4.79 Å². The Bertz CT molecular complexity index is 429. The molecule has 1 aromatic rings. The van der Waals surface area contributed by atoms with Gasteiger partial charge in [0.2, 0.25) is 0 Å². The maximum atomic E-state index is 11.6. The molecule has 2 rings (SSSR count). The van der Waals surface area contributed by atoms with Crippen molar-refractivity contribution in [2.75, 3.05) is 6.61 Å². The van der Waals surface area contributed by atoms with Gasteiger partial charge in [-0.25, -0.2) is 4.98 Å². The van der Waals surface area contributed by atoms with Gasteiger partial charge in [-0.15, -0.1) is 0 Å². The van der Waals surface area contributed by atoms with E-state index in [-0.39, 0.29) is 11.4 Å². The topological polar surface area (TPSA) is 44.1 Å². The largest absolute Gasteiger partial charge is 0.473 e. The summed E-state index contributed by atoms with van der Waals surface area (Å²) >= 11 is 0. The van der Waals surface area contributed by atoms with Crippen molar-refractivity contribution in [3.63, 3.8) is 0 Å². The van der Waals surface area contributed by atoms with Gasteiger partial charge in [0, 0.05) is 19.4 Å². The van der Waals surface area contributed by atoms with Crippen molar-refractivity contribution < 1.29 is 4.74 Å². The normalized spacial score (nSPS) is 19.2. The van der Waals surface area contributed by atoms with Gasteiger partial charge in [0.05, 0.1) is 6.61 Å². The molecular formula is C12H18N2O2. The highest BCUT2D eigenvalue weighted by molar-refractivity contribution is 5.04. The van der Waals surface area contributed by atoms with Crippen molar-refractivity contribution in [3.8, 4) is 5.88 Å². The Morgan fingerprint density at radius 2 is 2.25 bits per heavy atom. The van der Waals surface area contributed by atoms with Crippen LogP contribution in [0.2, 0.25) is 0 Å². The molecule has 0 bridgehead atoms. The van der Waals surface area contributed by atoms with Crippen LogP contribution in [0.25, 0.3) is 0 Å². The average molecular weight is 222 g/mol. The minimum Gasteiger partial charge on any atom is -0.473 e. The summed E-state index contributed by atoms with van der Waals surface area (Å²) in [4.78, 5) is 15.5. The average Bonchev–Trinajstić information content (AvgIpc) is 2.17. The Morgan fingerprint density at radius 3 is 2.88 bits per heavy atom. The highest BCUT2D eigenvalue weighted by atomic mass is 16.5. The number of hydrogen-bond acceptors (Lipinski definition) is 3. The van der Waals surface area contributed by atoms with Crippen LogP contribution >= 0.6 is 0 Å². The van der Waals surface area contributed by atoms with E-state index in [2.05, 4.69) is 18.8 Å². The Hall–Kier alpha value is -1.32. The Kier molecular flexibility index (Phi) is 2.74. The second kappa shape index (κ2) is 3.92. The van der Waals surface area contributed by atoms with Crippen molar-refractivity contribution in [1.82, 2.24) is 9.55 Å². The number of aryl methyl sites for hydroxylation is 1. The first-order valence-electron chi connectivity index (χ1n) is 5.62. The summed E-state index contributed by atoms with van der Waals surface area (Å²) in [6.45, 7) is 5.11. The molecule has 1 aromatic heterocycles. The molecule has 1 heterocycles. The lowest BCUT2D eigenvalue weighted by molar-refractivity contribution is 0.0529. The van der Waals surface area contributed by atoms with Crippen molar-refractivity contribution in [3.05, 3.63) is 22.7 Å².